The SMILES string of the molecule is COCC(Cc1cccc(F)c1Br)NN. The van der Waals surface area contributed by atoms with Gasteiger partial charge in [-0.2, -0.15) is 0 Å². The first-order valence-electron chi connectivity index (χ1n) is 4.57. The number of halogens is 2. The molecule has 0 fully saturated rings. The Morgan fingerprint density at radius 3 is 2.93 bits per heavy atom. The van der Waals surface area contributed by atoms with Crippen LogP contribution in [0.4, 0.5) is 4.39 Å². The molecular weight excluding hydrogens is 263 g/mol. The molecule has 0 aromatic heterocycles. The fraction of sp³-hybridized carbons (Fsp3) is 0.400. The summed E-state index contributed by atoms with van der Waals surface area (Å²) in [4.78, 5) is 0. The van der Waals surface area contributed by atoms with Crippen LogP contribution in [0.3, 0.4) is 0 Å². The predicted octanol–water partition coefficient (Wildman–Crippen LogP) is 1.61. The van der Waals surface area contributed by atoms with Gasteiger partial charge < -0.3 is 4.74 Å². The van der Waals surface area contributed by atoms with E-state index in [1.165, 1.54) is 6.07 Å². The number of benzene rings is 1. The van der Waals surface area contributed by atoms with E-state index in [1.54, 1.807) is 13.2 Å². The van der Waals surface area contributed by atoms with Crippen molar-refractivity contribution in [2.75, 3.05) is 13.7 Å². The summed E-state index contributed by atoms with van der Waals surface area (Å²) in [5.74, 6) is 5.09. The molecule has 1 unspecified atom stereocenters. The molecule has 0 aliphatic heterocycles. The third kappa shape index (κ3) is 3.53. The van der Waals surface area contributed by atoms with Crippen molar-refractivity contribution in [3.63, 3.8) is 0 Å². The van der Waals surface area contributed by atoms with Gasteiger partial charge in [-0.3, -0.25) is 11.3 Å². The average Bonchev–Trinajstić information content (AvgIpc) is 2.24. The standard InChI is InChI=1S/C10H14BrFN2O/c1-15-6-8(14-13)5-7-3-2-4-9(12)10(7)11/h2-4,8,14H,5-6,13H2,1H3. The first kappa shape index (κ1) is 12.6. The molecule has 0 saturated carbocycles. The summed E-state index contributed by atoms with van der Waals surface area (Å²) < 4.78 is 18.7. The van der Waals surface area contributed by atoms with Crippen molar-refractivity contribution < 1.29 is 9.13 Å². The molecular formula is C10H14BrFN2O. The lowest BCUT2D eigenvalue weighted by Crippen LogP contribution is -2.40. The van der Waals surface area contributed by atoms with Gasteiger partial charge in [-0.1, -0.05) is 12.1 Å². The van der Waals surface area contributed by atoms with Crippen molar-refractivity contribution in [1.29, 1.82) is 0 Å². The Labute approximate surface area is 96.9 Å². The van der Waals surface area contributed by atoms with Crippen LogP contribution in [0.5, 0.6) is 0 Å². The monoisotopic (exact) mass is 276 g/mol. The second-order valence-electron chi connectivity index (χ2n) is 3.24. The van der Waals surface area contributed by atoms with Crippen LogP contribution in [0.25, 0.3) is 0 Å². The molecule has 1 atom stereocenters. The van der Waals surface area contributed by atoms with Crippen molar-refractivity contribution in [1.82, 2.24) is 5.43 Å². The molecule has 0 heterocycles. The zero-order chi connectivity index (χ0) is 11.3. The number of nitrogens with two attached hydrogens (primary N) is 1. The van der Waals surface area contributed by atoms with Crippen LogP contribution in [-0.2, 0) is 11.2 Å². The van der Waals surface area contributed by atoms with E-state index in [0.29, 0.717) is 17.5 Å². The van der Waals surface area contributed by atoms with E-state index < -0.39 is 0 Å². The molecule has 1 aromatic carbocycles. The first-order chi connectivity index (χ1) is 7.19. The lowest BCUT2D eigenvalue weighted by molar-refractivity contribution is 0.166. The summed E-state index contributed by atoms with van der Waals surface area (Å²) in [7, 11) is 1.60. The van der Waals surface area contributed by atoms with Crippen molar-refractivity contribution in [3.8, 4) is 0 Å². The lowest BCUT2D eigenvalue weighted by Gasteiger charge is -2.15. The summed E-state index contributed by atoms with van der Waals surface area (Å²) in [5, 5.41) is 0. The third-order valence-corrected chi connectivity index (χ3v) is 2.99. The number of nitrogens with one attached hydrogen (secondary N) is 1. The van der Waals surface area contributed by atoms with Crippen LogP contribution in [0, 0.1) is 5.82 Å². The summed E-state index contributed by atoms with van der Waals surface area (Å²) in [6, 6.07) is 4.92. The van der Waals surface area contributed by atoms with Gasteiger partial charge in [0.25, 0.3) is 0 Å². The van der Waals surface area contributed by atoms with Crippen LogP contribution >= 0.6 is 15.9 Å². The first-order valence-corrected chi connectivity index (χ1v) is 5.36. The quantitative estimate of drug-likeness (QED) is 0.635. The molecule has 0 spiro atoms. The van der Waals surface area contributed by atoms with Crippen LogP contribution < -0.4 is 11.3 Å². The van der Waals surface area contributed by atoms with E-state index in [0.717, 1.165) is 5.56 Å². The molecule has 0 aliphatic carbocycles. The summed E-state index contributed by atoms with van der Waals surface area (Å²) >= 11 is 3.20. The van der Waals surface area contributed by atoms with Gasteiger partial charge in [-0.05, 0) is 34.0 Å². The fourth-order valence-corrected chi connectivity index (χ4v) is 1.76. The average molecular weight is 277 g/mol. The zero-order valence-electron chi connectivity index (χ0n) is 8.47. The van der Waals surface area contributed by atoms with Crippen molar-refractivity contribution in [2.45, 2.75) is 12.5 Å². The van der Waals surface area contributed by atoms with Crippen LogP contribution in [0.2, 0.25) is 0 Å². The molecule has 0 bridgehead atoms. The number of hydrogen-bond acceptors (Lipinski definition) is 3. The van der Waals surface area contributed by atoms with E-state index in [-0.39, 0.29) is 11.9 Å². The molecule has 3 N–H and O–H groups in total. The van der Waals surface area contributed by atoms with Gasteiger partial charge in [0.1, 0.15) is 5.82 Å². The van der Waals surface area contributed by atoms with Crippen LogP contribution in [0.1, 0.15) is 5.56 Å². The molecule has 5 heteroatoms. The van der Waals surface area contributed by atoms with Gasteiger partial charge in [0.2, 0.25) is 0 Å². The normalized spacial score (nSPS) is 12.8. The molecule has 0 amide bonds. The molecule has 0 saturated heterocycles. The van der Waals surface area contributed by atoms with Crippen LogP contribution in [-0.4, -0.2) is 19.8 Å². The van der Waals surface area contributed by atoms with Crippen LogP contribution in [0.15, 0.2) is 22.7 Å². The van der Waals surface area contributed by atoms with E-state index in [1.807, 2.05) is 6.07 Å². The minimum atomic E-state index is -0.263. The smallest absolute Gasteiger partial charge is 0.137 e. The van der Waals surface area contributed by atoms with Crippen molar-refractivity contribution >= 4 is 15.9 Å². The Balaban J connectivity index is 2.74. The Morgan fingerprint density at radius 1 is 1.60 bits per heavy atom. The third-order valence-electron chi connectivity index (χ3n) is 2.10. The second-order valence-corrected chi connectivity index (χ2v) is 4.03. The Hall–Kier alpha value is -0.490. The highest BCUT2D eigenvalue weighted by atomic mass is 79.9. The predicted molar refractivity (Wildman–Crippen MR) is 60.8 cm³/mol. The van der Waals surface area contributed by atoms with Gasteiger partial charge in [0, 0.05) is 13.2 Å². The fourth-order valence-electron chi connectivity index (χ4n) is 1.34. The number of rotatable bonds is 5. The highest BCUT2D eigenvalue weighted by Crippen LogP contribution is 2.21. The number of methoxy groups -OCH3 is 1. The summed E-state index contributed by atoms with van der Waals surface area (Å²) in [6.07, 6.45) is 0.614. The molecule has 0 aliphatic rings. The Kier molecular flexibility index (Phi) is 5.17. The Morgan fingerprint density at radius 2 is 2.33 bits per heavy atom. The molecule has 1 rings (SSSR count). The van der Waals surface area contributed by atoms with E-state index in [4.69, 9.17) is 10.6 Å². The summed E-state index contributed by atoms with van der Waals surface area (Å²) in [5.41, 5.74) is 3.50. The lowest BCUT2D eigenvalue weighted by atomic mass is 10.1. The Bertz CT molecular complexity index is 322. The number of hydrazine groups is 1. The van der Waals surface area contributed by atoms with Gasteiger partial charge in [0.15, 0.2) is 0 Å². The van der Waals surface area contributed by atoms with E-state index >= 15 is 0 Å². The van der Waals surface area contributed by atoms with E-state index in [2.05, 4.69) is 21.4 Å². The largest absolute Gasteiger partial charge is 0.383 e. The van der Waals surface area contributed by atoms with Gasteiger partial charge >= 0.3 is 0 Å². The van der Waals surface area contributed by atoms with Crippen molar-refractivity contribution in [2.24, 2.45) is 5.84 Å². The highest BCUT2D eigenvalue weighted by Gasteiger charge is 2.11. The minimum Gasteiger partial charge on any atom is -0.383 e. The number of ether oxygens (including phenoxy) is 1. The maximum Gasteiger partial charge on any atom is 0.137 e. The maximum atomic E-state index is 13.2. The molecule has 0 radical (unpaired) electrons. The number of hydrogen-bond donors (Lipinski definition) is 2. The molecule has 15 heavy (non-hydrogen) atoms. The molecule has 1 aromatic rings. The molecule has 3 nitrogen and oxygen atoms in total. The van der Waals surface area contributed by atoms with Gasteiger partial charge in [-0.25, -0.2) is 4.39 Å². The topological polar surface area (TPSA) is 47.3 Å². The van der Waals surface area contributed by atoms with E-state index in [9.17, 15) is 4.39 Å². The zero-order valence-corrected chi connectivity index (χ0v) is 10.1. The molecule has 84 valence electrons. The minimum absolute atomic E-state index is 0.0203. The maximum absolute atomic E-state index is 13.2. The summed E-state index contributed by atoms with van der Waals surface area (Å²) in [6.45, 7) is 0.486. The van der Waals surface area contributed by atoms with Crippen molar-refractivity contribution in [3.05, 3.63) is 34.1 Å². The second kappa shape index (κ2) is 6.17. The highest BCUT2D eigenvalue weighted by molar-refractivity contribution is 9.10. The van der Waals surface area contributed by atoms with Gasteiger partial charge in [0.05, 0.1) is 11.1 Å². The van der Waals surface area contributed by atoms with Gasteiger partial charge in [-0.15, -0.1) is 0 Å².